The summed E-state index contributed by atoms with van der Waals surface area (Å²) in [6.07, 6.45) is 4.69. The Kier molecular flexibility index (Phi) is 3.90. The normalized spacial score (nSPS) is 11.4. The number of rotatable bonds is 2. The predicted octanol–water partition coefficient (Wildman–Crippen LogP) is 2.40. The van der Waals surface area contributed by atoms with E-state index < -0.39 is 0 Å². The maximum Gasteiger partial charge on any atom is -0.00458 e. The van der Waals surface area contributed by atoms with E-state index in [1.165, 1.54) is 0 Å². The van der Waals surface area contributed by atoms with Crippen molar-refractivity contribution < 1.29 is 0 Å². The van der Waals surface area contributed by atoms with Crippen molar-refractivity contribution in [3.8, 4) is 0 Å². The van der Waals surface area contributed by atoms with Crippen molar-refractivity contribution in [3.63, 3.8) is 0 Å². The average Bonchev–Trinajstić information content (AvgIpc) is 1.68. The lowest BCUT2D eigenvalue weighted by molar-refractivity contribution is 1.36. The van der Waals surface area contributed by atoms with E-state index in [0.717, 1.165) is 11.3 Å². The Balaban J connectivity index is 3.36. The van der Waals surface area contributed by atoms with E-state index in [2.05, 4.69) is 19.2 Å². The lowest BCUT2D eigenvalue weighted by Gasteiger charge is -1.86. The molecule has 0 aromatic rings. The van der Waals surface area contributed by atoms with Crippen molar-refractivity contribution in [2.24, 2.45) is 0 Å². The van der Waals surface area contributed by atoms with Gasteiger partial charge in [0.2, 0.25) is 0 Å². The molecular weight excluding hydrogens is 104 g/mol. The van der Waals surface area contributed by atoms with E-state index in [9.17, 15) is 0 Å². The first-order chi connectivity index (χ1) is 3.31. The summed E-state index contributed by atoms with van der Waals surface area (Å²) in [6, 6.07) is 0. The maximum absolute atomic E-state index is 4.10. The highest BCUT2D eigenvalue weighted by Crippen LogP contribution is 2.04. The molecule has 0 aliphatic rings. The lowest BCUT2D eigenvalue weighted by atomic mass is 10.4. The van der Waals surface area contributed by atoms with Crippen LogP contribution in [0, 0.1) is 0 Å². The Hall–Kier alpha value is -0.170. The Morgan fingerprint density at radius 3 is 2.57 bits per heavy atom. The van der Waals surface area contributed by atoms with Crippen molar-refractivity contribution in [1.29, 1.82) is 0 Å². The first-order valence-electron chi connectivity index (χ1n) is 2.26. The molecule has 0 rings (SSSR count). The van der Waals surface area contributed by atoms with Gasteiger partial charge < -0.3 is 0 Å². The van der Waals surface area contributed by atoms with Crippen LogP contribution in [0.5, 0.6) is 0 Å². The van der Waals surface area contributed by atoms with Gasteiger partial charge in [-0.05, 0) is 18.2 Å². The molecular formula is C6H10S. The molecule has 7 heavy (non-hydrogen) atoms. The van der Waals surface area contributed by atoms with Gasteiger partial charge in [0.05, 0.1) is 0 Å². The summed E-state index contributed by atoms with van der Waals surface area (Å²) < 4.78 is 0. The van der Waals surface area contributed by atoms with Crippen molar-refractivity contribution in [3.05, 3.63) is 23.6 Å². The number of thiol groups is 1. The molecule has 0 aliphatic carbocycles. The quantitative estimate of drug-likeness (QED) is 0.413. The van der Waals surface area contributed by atoms with Gasteiger partial charge in [-0.1, -0.05) is 12.2 Å². The van der Waals surface area contributed by atoms with E-state index in [4.69, 9.17) is 0 Å². The van der Waals surface area contributed by atoms with Crippen molar-refractivity contribution >= 4 is 12.6 Å². The summed E-state index contributed by atoms with van der Waals surface area (Å²) in [7, 11) is 0. The van der Waals surface area contributed by atoms with Gasteiger partial charge >= 0.3 is 0 Å². The van der Waals surface area contributed by atoms with Crippen LogP contribution in [-0.2, 0) is 0 Å². The summed E-state index contributed by atoms with van der Waals surface area (Å²) in [5, 5.41) is 0. The molecule has 0 aromatic heterocycles. The molecule has 0 atom stereocenters. The topological polar surface area (TPSA) is 0 Å². The summed E-state index contributed by atoms with van der Waals surface area (Å²) in [6.45, 7) is 5.52. The molecule has 0 aromatic carbocycles. The fraction of sp³-hybridized carbons (Fsp3) is 0.333. The monoisotopic (exact) mass is 114 g/mol. The zero-order valence-corrected chi connectivity index (χ0v) is 5.41. The molecule has 0 fully saturated rings. The lowest BCUT2D eigenvalue weighted by Crippen LogP contribution is -1.62. The molecule has 1 heteroatoms. The minimum absolute atomic E-state index is 0.889. The fourth-order valence-electron chi connectivity index (χ4n) is 0.266. The predicted molar refractivity (Wildman–Crippen MR) is 37.6 cm³/mol. The average molecular weight is 114 g/mol. The molecule has 0 aliphatic heterocycles. The van der Waals surface area contributed by atoms with Crippen molar-refractivity contribution in [2.45, 2.75) is 13.3 Å². The second-order valence-corrected chi connectivity index (χ2v) is 1.85. The standard InChI is InChI=1S/C6H10S/c1-3-5-6(7)4-2/h3-4,7H,1,5H2,2H3. The zero-order chi connectivity index (χ0) is 5.70. The number of hydrogen-bond acceptors (Lipinski definition) is 1. The molecule has 0 nitrogen and oxygen atoms in total. The highest BCUT2D eigenvalue weighted by Gasteiger charge is 1.77. The summed E-state index contributed by atoms with van der Waals surface area (Å²) in [4.78, 5) is 1.08. The zero-order valence-electron chi connectivity index (χ0n) is 4.52. The molecule has 0 N–H and O–H groups in total. The van der Waals surface area contributed by atoms with Crippen molar-refractivity contribution in [1.82, 2.24) is 0 Å². The van der Waals surface area contributed by atoms with Crippen molar-refractivity contribution in [2.75, 3.05) is 0 Å². The van der Waals surface area contributed by atoms with Crippen LogP contribution in [0.2, 0.25) is 0 Å². The van der Waals surface area contributed by atoms with Crippen LogP contribution in [-0.4, -0.2) is 0 Å². The molecule has 0 bridgehead atoms. The van der Waals surface area contributed by atoms with E-state index in [1.807, 2.05) is 19.1 Å². The third-order valence-corrected chi connectivity index (χ3v) is 1.13. The molecule has 0 radical (unpaired) electrons. The largest absolute Gasteiger partial charge is 0.148 e. The van der Waals surface area contributed by atoms with E-state index >= 15 is 0 Å². The maximum atomic E-state index is 4.10. The van der Waals surface area contributed by atoms with Crippen LogP contribution < -0.4 is 0 Å². The van der Waals surface area contributed by atoms with Gasteiger partial charge in [-0.25, -0.2) is 0 Å². The SMILES string of the molecule is C=CCC(S)=CC. The second-order valence-electron chi connectivity index (χ2n) is 1.27. The van der Waals surface area contributed by atoms with Gasteiger partial charge in [-0.15, -0.1) is 19.2 Å². The molecule has 0 amide bonds. The van der Waals surface area contributed by atoms with Gasteiger partial charge in [-0.3, -0.25) is 0 Å². The Morgan fingerprint density at radius 2 is 2.43 bits per heavy atom. The van der Waals surface area contributed by atoms with Crippen LogP contribution in [0.3, 0.4) is 0 Å². The summed E-state index contributed by atoms with van der Waals surface area (Å²) in [5.41, 5.74) is 0. The molecule has 0 unspecified atom stereocenters. The Labute approximate surface area is 50.3 Å². The summed E-state index contributed by atoms with van der Waals surface area (Å²) in [5.74, 6) is 0. The molecule has 40 valence electrons. The number of allylic oxidation sites excluding steroid dienone is 3. The first-order valence-corrected chi connectivity index (χ1v) is 2.71. The third-order valence-electron chi connectivity index (χ3n) is 0.687. The fourth-order valence-corrected chi connectivity index (χ4v) is 0.395. The first kappa shape index (κ1) is 6.83. The molecule has 0 heterocycles. The van der Waals surface area contributed by atoms with Crippen LogP contribution in [0.1, 0.15) is 13.3 Å². The highest BCUT2D eigenvalue weighted by atomic mass is 32.1. The van der Waals surface area contributed by atoms with E-state index in [1.54, 1.807) is 0 Å². The molecule has 0 spiro atoms. The third kappa shape index (κ3) is 3.67. The second kappa shape index (κ2) is 4.00. The van der Waals surface area contributed by atoms with Crippen LogP contribution in [0.4, 0.5) is 0 Å². The van der Waals surface area contributed by atoms with Crippen LogP contribution in [0.25, 0.3) is 0 Å². The number of hydrogen-bond donors (Lipinski definition) is 1. The smallest absolute Gasteiger partial charge is 0.00458 e. The van der Waals surface area contributed by atoms with Gasteiger partial charge in [0.25, 0.3) is 0 Å². The highest BCUT2D eigenvalue weighted by molar-refractivity contribution is 7.84. The minimum atomic E-state index is 0.889. The van der Waals surface area contributed by atoms with Gasteiger partial charge in [0.1, 0.15) is 0 Å². The summed E-state index contributed by atoms with van der Waals surface area (Å²) >= 11 is 4.10. The Bertz CT molecular complexity index is 82.2. The van der Waals surface area contributed by atoms with Gasteiger partial charge in [0.15, 0.2) is 0 Å². The van der Waals surface area contributed by atoms with Gasteiger partial charge in [0, 0.05) is 0 Å². The Morgan fingerprint density at radius 1 is 1.86 bits per heavy atom. The van der Waals surface area contributed by atoms with Crippen LogP contribution >= 0.6 is 12.6 Å². The molecule has 0 saturated heterocycles. The van der Waals surface area contributed by atoms with E-state index in [-0.39, 0.29) is 0 Å². The van der Waals surface area contributed by atoms with Crippen LogP contribution in [0.15, 0.2) is 23.6 Å². The molecule has 0 saturated carbocycles. The minimum Gasteiger partial charge on any atom is -0.148 e. The van der Waals surface area contributed by atoms with Gasteiger partial charge in [-0.2, -0.15) is 0 Å². The van der Waals surface area contributed by atoms with E-state index in [0.29, 0.717) is 0 Å².